The van der Waals surface area contributed by atoms with E-state index in [-0.39, 0.29) is 5.56 Å². The molecule has 0 saturated heterocycles. The van der Waals surface area contributed by atoms with Crippen LogP contribution in [0.15, 0.2) is 36.5 Å². The first-order chi connectivity index (χ1) is 9.16. The summed E-state index contributed by atoms with van der Waals surface area (Å²) in [6.07, 6.45) is 1.42. The minimum Gasteiger partial charge on any atom is -0.478 e. The number of aromatic carboxylic acids is 1. The van der Waals surface area contributed by atoms with Crippen LogP contribution in [0.2, 0.25) is 5.02 Å². The lowest BCUT2D eigenvalue weighted by Gasteiger charge is -1.98. The fourth-order valence-corrected chi connectivity index (χ4v) is 2.10. The molecule has 19 heavy (non-hydrogen) atoms. The zero-order valence-electron chi connectivity index (χ0n) is 9.59. The summed E-state index contributed by atoms with van der Waals surface area (Å²) >= 11 is 6.09. The van der Waals surface area contributed by atoms with Crippen LogP contribution >= 0.6 is 11.6 Å². The Balaban J connectivity index is 2.26. The van der Waals surface area contributed by atoms with Gasteiger partial charge in [-0.1, -0.05) is 23.7 Å². The van der Waals surface area contributed by atoms with Crippen molar-refractivity contribution in [1.82, 2.24) is 15.0 Å². The van der Waals surface area contributed by atoms with Crippen molar-refractivity contribution in [3.05, 3.63) is 47.1 Å². The van der Waals surface area contributed by atoms with Crippen LogP contribution in [-0.2, 0) is 0 Å². The molecular formula is C13H8ClN3O2. The second-order valence-electron chi connectivity index (χ2n) is 3.93. The Morgan fingerprint density at radius 1 is 1.26 bits per heavy atom. The third-order valence-electron chi connectivity index (χ3n) is 2.75. The van der Waals surface area contributed by atoms with Gasteiger partial charge in [0.1, 0.15) is 5.82 Å². The molecule has 3 aromatic rings. The molecule has 0 radical (unpaired) electrons. The van der Waals surface area contributed by atoms with E-state index in [1.165, 1.54) is 12.3 Å². The summed E-state index contributed by atoms with van der Waals surface area (Å²) in [6, 6.07) is 8.63. The zero-order valence-corrected chi connectivity index (χ0v) is 10.3. The highest BCUT2D eigenvalue weighted by molar-refractivity contribution is 6.33. The third-order valence-corrected chi connectivity index (χ3v) is 3.08. The van der Waals surface area contributed by atoms with E-state index in [9.17, 15) is 4.79 Å². The number of hydrogen-bond donors (Lipinski definition) is 2. The highest BCUT2D eigenvalue weighted by Crippen LogP contribution is 2.27. The number of H-pyrrole nitrogens is 1. The fraction of sp³-hybridized carbons (Fsp3) is 0. The minimum absolute atomic E-state index is 0.135. The quantitative estimate of drug-likeness (QED) is 0.752. The van der Waals surface area contributed by atoms with Crippen LogP contribution in [0.3, 0.4) is 0 Å². The summed E-state index contributed by atoms with van der Waals surface area (Å²) in [7, 11) is 0. The summed E-state index contributed by atoms with van der Waals surface area (Å²) in [4.78, 5) is 22.4. The number of aromatic nitrogens is 3. The van der Waals surface area contributed by atoms with E-state index in [4.69, 9.17) is 16.7 Å². The van der Waals surface area contributed by atoms with Crippen LogP contribution in [0.5, 0.6) is 0 Å². The number of nitrogens with zero attached hydrogens (tertiary/aromatic N) is 2. The van der Waals surface area contributed by atoms with E-state index in [0.29, 0.717) is 27.6 Å². The molecule has 2 aromatic heterocycles. The summed E-state index contributed by atoms with van der Waals surface area (Å²) in [5.41, 5.74) is 1.59. The normalized spacial score (nSPS) is 10.8. The summed E-state index contributed by atoms with van der Waals surface area (Å²) in [5, 5.41) is 9.66. The first kappa shape index (κ1) is 11.7. The molecule has 0 saturated carbocycles. The Labute approximate surface area is 112 Å². The fourth-order valence-electron chi connectivity index (χ4n) is 1.87. The summed E-state index contributed by atoms with van der Waals surface area (Å²) in [5.74, 6) is -0.524. The summed E-state index contributed by atoms with van der Waals surface area (Å²) < 4.78 is 0. The van der Waals surface area contributed by atoms with Crippen molar-refractivity contribution in [2.45, 2.75) is 0 Å². The maximum atomic E-state index is 11.1. The molecular weight excluding hydrogens is 266 g/mol. The van der Waals surface area contributed by atoms with Gasteiger partial charge >= 0.3 is 5.97 Å². The number of benzene rings is 1. The standard InChI is InChI=1S/C13H8ClN3O2/c14-9-4-2-1-3-7(9)11-16-10-8(13(18)19)5-6-15-12(10)17-11/h1-6H,(H,18,19)(H,15,16,17). The number of carboxylic acids is 1. The highest BCUT2D eigenvalue weighted by Gasteiger charge is 2.14. The average Bonchev–Trinajstić information content (AvgIpc) is 2.82. The maximum Gasteiger partial charge on any atom is 0.338 e. The Hall–Kier alpha value is -2.40. The van der Waals surface area contributed by atoms with Crippen molar-refractivity contribution in [2.24, 2.45) is 0 Å². The monoisotopic (exact) mass is 273 g/mol. The number of nitrogens with one attached hydrogen (secondary N) is 1. The van der Waals surface area contributed by atoms with Gasteiger partial charge in [0.15, 0.2) is 5.65 Å². The Kier molecular flexibility index (Phi) is 2.68. The summed E-state index contributed by atoms with van der Waals surface area (Å²) in [6.45, 7) is 0. The van der Waals surface area contributed by atoms with Crippen LogP contribution < -0.4 is 0 Å². The number of aromatic amines is 1. The van der Waals surface area contributed by atoms with Crippen molar-refractivity contribution in [3.8, 4) is 11.4 Å². The van der Waals surface area contributed by atoms with Gasteiger partial charge in [-0.2, -0.15) is 0 Å². The number of hydrogen-bond acceptors (Lipinski definition) is 3. The van der Waals surface area contributed by atoms with Gasteiger partial charge in [-0.3, -0.25) is 0 Å². The first-order valence-electron chi connectivity index (χ1n) is 5.50. The number of carbonyl (C=O) groups is 1. The third kappa shape index (κ3) is 1.94. The molecule has 6 heteroatoms. The van der Waals surface area contributed by atoms with Crippen molar-refractivity contribution in [2.75, 3.05) is 0 Å². The lowest BCUT2D eigenvalue weighted by atomic mass is 10.2. The van der Waals surface area contributed by atoms with Gasteiger partial charge in [-0.15, -0.1) is 0 Å². The molecule has 0 amide bonds. The molecule has 2 N–H and O–H groups in total. The van der Waals surface area contributed by atoms with Crippen molar-refractivity contribution < 1.29 is 9.90 Å². The first-order valence-corrected chi connectivity index (χ1v) is 5.87. The molecule has 1 aromatic carbocycles. The van der Waals surface area contributed by atoms with E-state index in [2.05, 4.69) is 15.0 Å². The molecule has 5 nitrogen and oxygen atoms in total. The topological polar surface area (TPSA) is 78.9 Å². The van der Waals surface area contributed by atoms with Gasteiger partial charge in [-0.25, -0.2) is 14.8 Å². The van der Waals surface area contributed by atoms with Gasteiger partial charge < -0.3 is 10.1 Å². The van der Waals surface area contributed by atoms with Gasteiger partial charge in [0.05, 0.1) is 16.1 Å². The Morgan fingerprint density at radius 2 is 2.05 bits per heavy atom. The number of pyridine rings is 1. The number of halogens is 1. The number of imidazole rings is 1. The van der Waals surface area contributed by atoms with Gasteiger partial charge in [0.25, 0.3) is 0 Å². The lowest BCUT2D eigenvalue weighted by molar-refractivity contribution is 0.0699. The largest absolute Gasteiger partial charge is 0.478 e. The smallest absolute Gasteiger partial charge is 0.338 e. The van der Waals surface area contributed by atoms with E-state index >= 15 is 0 Å². The zero-order chi connectivity index (χ0) is 13.4. The van der Waals surface area contributed by atoms with Crippen LogP contribution in [0, 0.1) is 0 Å². The van der Waals surface area contributed by atoms with Crippen LogP contribution in [-0.4, -0.2) is 26.0 Å². The second kappa shape index (κ2) is 4.37. The van der Waals surface area contributed by atoms with Gasteiger partial charge in [0.2, 0.25) is 0 Å². The molecule has 94 valence electrons. The number of rotatable bonds is 2. The SMILES string of the molecule is O=C(O)c1ccnc2nc(-c3ccccc3Cl)[nH]c12. The highest BCUT2D eigenvalue weighted by atomic mass is 35.5. The van der Waals surface area contributed by atoms with E-state index < -0.39 is 5.97 Å². The molecule has 0 aliphatic heterocycles. The molecule has 3 rings (SSSR count). The van der Waals surface area contributed by atoms with E-state index in [1.807, 2.05) is 12.1 Å². The molecule has 0 unspecified atom stereocenters. The van der Waals surface area contributed by atoms with E-state index in [1.54, 1.807) is 12.1 Å². The van der Waals surface area contributed by atoms with Crippen LogP contribution in [0.4, 0.5) is 0 Å². The molecule has 0 bridgehead atoms. The molecule has 0 atom stereocenters. The molecule has 2 heterocycles. The van der Waals surface area contributed by atoms with E-state index in [0.717, 1.165) is 0 Å². The van der Waals surface area contributed by atoms with Crippen LogP contribution in [0.25, 0.3) is 22.6 Å². The van der Waals surface area contributed by atoms with Crippen molar-refractivity contribution in [1.29, 1.82) is 0 Å². The molecule has 0 fully saturated rings. The van der Waals surface area contributed by atoms with Crippen molar-refractivity contribution in [3.63, 3.8) is 0 Å². The number of fused-ring (bicyclic) bond motifs is 1. The minimum atomic E-state index is -1.03. The lowest BCUT2D eigenvalue weighted by Crippen LogP contribution is -1.97. The molecule has 0 aliphatic carbocycles. The Morgan fingerprint density at radius 3 is 2.79 bits per heavy atom. The average molecular weight is 274 g/mol. The maximum absolute atomic E-state index is 11.1. The molecule has 0 aliphatic rings. The predicted octanol–water partition coefficient (Wildman–Crippen LogP) is 2.98. The Bertz CT molecular complexity index is 782. The number of carboxylic acid groups (broad SMARTS) is 1. The van der Waals surface area contributed by atoms with Gasteiger partial charge in [0, 0.05) is 11.8 Å². The predicted molar refractivity (Wildman–Crippen MR) is 71.3 cm³/mol. The van der Waals surface area contributed by atoms with Crippen LogP contribution in [0.1, 0.15) is 10.4 Å². The van der Waals surface area contributed by atoms with Crippen molar-refractivity contribution >= 4 is 28.7 Å². The molecule has 0 spiro atoms. The second-order valence-corrected chi connectivity index (χ2v) is 4.33. The van der Waals surface area contributed by atoms with Gasteiger partial charge in [-0.05, 0) is 18.2 Å².